The van der Waals surface area contributed by atoms with Crippen molar-refractivity contribution in [2.75, 3.05) is 0 Å². The third-order valence-corrected chi connectivity index (χ3v) is 3.94. The van der Waals surface area contributed by atoms with E-state index in [1.165, 1.54) is 0 Å². The Morgan fingerprint density at radius 2 is 2.00 bits per heavy atom. The van der Waals surface area contributed by atoms with Gasteiger partial charge in [0.25, 0.3) is 5.91 Å². The number of benzene rings is 1. The second-order valence-corrected chi connectivity index (χ2v) is 5.33. The van der Waals surface area contributed by atoms with Crippen molar-refractivity contribution in [1.29, 1.82) is 0 Å². The van der Waals surface area contributed by atoms with Crippen molar-refractivity contribution in [2.45, 2.75) is 37.8 Å². The van der Waals surface area contributed by atoms with E-state index in [9.17, 15) is 4.79 Å². The molecule has 1 aliphatic rings. The van der Waals surface area contributed by atoms with Crippen LogP contribution in [0, 0.1) is 0 Å². The molecular weight excluding hydrogens is 238 g/mol. The standard InChI is InChI=1S/C15H19N3O/c16-11-4-6-12(7-5-11)18-15(19)13-3-1-2-10-8-9-17-14(10)13/h1-3,8-9,11-12,17H,4-7,16H2,(H,18,19). The molecule has 4 heteroatoms. The van der Waals surface area contributed by atoms with Gasteiger partial charge in [0.1, 0.15) is 0 Å². The summed E-state index contributed by atoms with van der Waals surface area (Å²) in [7, 11) is 0. The van der Waals surface area contributed by atoms with Gasteiger partial charge in [0.2, 0.25) is 0 Å². The summed E-state index contributed by atoms with van der Waals surface area (Å²) >= 11 is 0. The zero-order valence-electron chi connectivity index (χ0n) is 10.9. The van der Waals surface area contributed by atoms with E-state index < -0.39 is 0 Å². The van der Waals surface area contributed by atoms with Gasteiger partial charge >= 0.3 is 0 Å². The SMILES string of the molecule is NC1CCC(NC(=O)c2cccc3cc[nH]c23)CC1. The highest BCUT2D eigenvalue weighted by Gasteiger charge is 2.21. The number of nitrogens with one attached hydrogen (secondary N) is 2. The Kier molecular flexibility index (Phi) is 3.25. The molecule has 0 saturated heterocycles. The molecule has 0 bridgehead atoms. The van der Waals surface area contributed by atoms with Gasteiger partial charge < -0.3 is 16.0 Å². The highest BCUT2D eigenvalue weighted by atomic mass is 16.1. The molecule has 4 nitrogen and oxygen atoms in total. The van der Waals surface area contributed by atoms with Crippen LogP contribution in [0.1, 0.15) is 36.0 Å². The minimum Gasteiger partial charge on any atom is -0.361 e. The normalized spacial score (nSPS) is 23.4. The summed E-state index contributed by atoms with van der Waals surface area (Å²) in [5.74, 6) is 0.00789. The molecule has 1 aliphatic carbocycles. The zero-order valence-corrected chi connectivity index (χ0v) is 10.9. The molecule has 0 radical (unpaired) electrons. The number of hydrogen-bond donors (Lipinski definition) is 3. The van der Waals surface area contributed by atoms with Crippen LogP contribution in [0.2, 0.25) is 0 Å². The number of carbonyl (C=O) groups is 1. The van der Waals surface area contributed by atoms with Crippen LogP contribution in [0.4, 0.5) is 0 Å². The van der Waals surface area contributed by atoms with E-state index >= 15 is 0 Å². The second kappa shape index (κ2) is 5.05. The highest BCUT2D eigenvalue weighted by molar-refractivity contribution is 6.05. The summed E-state index contributed by atoms with van der Waals surface area (Å²) in [5, 5.41) is 4.19. The summed E-state index contributed by atoms with van der Waals surface area (Å²) in [6.45, 7) is 0. The lowest BCUT2D eigenvalue weighted by Gasteiger charge is -2.26. The Bertz CT molecular complexity index is 582. The fraction of sp³-hybridized carbons (Fsp3) is 0.400. The van der Waals surface area contributed by atoms with Gasteiger partial charge in [-0.3, -0.25) is 4.79 Å². The van der Waals surface area contributed by atoms with Crippen LogP contribution in [0.25, 0.3) is 10.9 Å². The lowest BCUT2D eigenvalue weighted by molar-refractivity contribution is 0.0927. The number of para-hydroxylation sites is 1. The molecule has 1 aromatic carbocycles. The fourth-order valence-electron chi connectivity index (χ4n) is 2.80. The van der Waals surface area contributed by atoms with Gasteiger partial charge in [-0.2, -0.15) is 0 Å². The van der Waals surface area contributed by atoms with Crippen molar-refractivity contribution < 1.29 is 4.79 Å². The van der Waals surface area contributed by atoms with Crippen LogP contribution in [-0.4, -0.2) is 23.0 Å². The summed E-state index contributed by atoms with van der Waals surface area (Å²) < 4.78 is 0. The Morgan fingerprint density at radius 3 is 2.79 bits per heavy atom. The minimum absolute atomic E-state index is 0.00789. The molecule has 0 unspecified atom stereocenters. The molecule has 1 fully saturated rings. The zero-order chi connectivity index (χ0) is 13.2. The predicted molar refractivity (Wildman–Crippen MR) is 76.0 cm³/mol. The van der Waals surface area contributed by atoms with Crippen molar-refractivity contribution in [2.24, 2.45) is 5.73 Å². The van der Waals surface area contributed by atoms with Crippen LogP contribution in [0.5, 0.6) is 0 Å². The van der Waals surface area contributed by atoms with Crippen LogP contribution in [0.15, 0.2) is 30.5 Å². The molecule has 1 aromatic heterocycles. The minimum atomic E-state index is 0.00789. The molecule has 100 valence electrons. The third-order valence-electron chi connectivity index (χ3n) is 3.94. The monoisotopic (exact) mass is 257 g/mol. The predicted octanol–water partition coefficient (Wildman–Crippen LogP) is 2.17. The fourth-order valence-corrected chi connectivity index (χ4v) is 2.80. The number of fused-ring (bicyclic) bond motifs is 1. The van der Waals surface area contributed by atoms with Crippen molar-refractivity contribution in [1.82, 2.24) is 10.3 Å². The van der Waals surface area contributed by atoms with Gasteiger partial charge in [-0.25, -0.2) is 0 Å². The van der Waals surface area contributed by atoms with Gasteiger partial charge in [0, 0.05) is 23.7 Å². The molecule has 0 spiro atoms. The van der Waals surface area contributed by atoms with E-state index in [1.807, 2.05) is 30.5 Å². The number of amides is 1. The number of rotatable bonds is 2. The maximum absolute atomic E-state index is 12.3. The largest absolute Gasteiger partial charge is 0.361 e. The molecule has 0 aliphatic heterocycles. The molecule has 0 atom stereocenters. The lowest BCUT2D eigenvalue weighted by atomic mass is 9.91. The first-order valence-corrected chi connectivity index (χ1v) is 6.86. The van der Waals surface area contributed by atoms with Crippen LogP contribution in [-0.2, 0) is 0 Å². The average molecular weight is 257 g/mol. The molecule has 4 N–H and O–H groups in total. The first-order valence-electron chi connectivity index (χ1n) is 6.86. The number of H-pyrrole nitrogens is 1. The van der Waals surface area contributed by atoms with Gasteiger partial charge in [-0.1, -0.05) is 12.1 Å². The summed E-state index contributed by atoms with van der Waals surface area (Å²) in [6.07, 6.45) is 5.82. The van der Waals surface area contributed by atoms with Crippen LogP contribution in [0.3, 0.4) is 0 Å². The molecule has 1 heterocycles. The van der Waals surface area contributed by atoms with Gasteiger partial charge in [-0.05, 0) is 37.8 Å². The second-order valence-electron chi connectivity index (χ2n) is 5.33. The van der Waals surface area contributed by atoms with Crippen molar-refractivity contribution in [3.05, 3.63) is 36.0 Å². The Hall–Kier alpha value is -1.81. The lowest BCUT2D eigenvalue weighted by Crippen LogP contribution is -2.40. The van der Waals surface area contributed by atoms with E-state index in [4.69, 9.17) is 5.73 Å². The first kappa shape index (κ1) is 12.2. The summed E-state index contributed by atoms with van der Waals surface area (Å²) in [5.41, 5.74) is 7.51. The molecule has 2 aromatic rings. The topological polar surface area (TPSA) is 70.9 Å². The van der Waals surface area contributed by atoms with Gasteiger partial charge in [0.15, 0.2) is 0 Å². The number of nitrogens with two attached hydrogens (primary N) is 1. The van der Waals surface area contributed by atoms with E-state index in [1.54, 1.807) is 0 Å². The quantitative estimate of drug-likeness (QED) is 0.771. The maximum atomic E-state index is 12.3. The van der Waals surface area contributed by atoms with Crippen LogP contribution >= 0.6 is 0 Å². The molecule has 1 amide bonds. The molecule has 3 rings (SSSR count). The van der Waals surface area contributed by atoms with E-state index in [-0.39, 0.29) is 11.9 Å². The number of carbonyl (C=O) groups excluding carboxylic acids is 1. The smallest absolute Gasteiger partial charge is 0.253 e. The number of aromatic amines is 1. The van der Waals surface area contributed by atoms with Crippen molar-refractivity contribution in [3.8, 4) is 0 Å². The van der Waals surface area contributed by atoms with Crippen LogP contribution < -0.4 is 11.1 Å². The third kappa shape index (κ3) is 2.49. The van der Waals surface area contributed by atoms with E-state index in [0.717, 1.165) is 42.1 Å². The molecule has 1 saturated carbocycles. The molecule has 19 heavy (non-hydrogen) atoms. The van der Waals surface area contributed by atoms with Crippen molar-refractivity contribution >= 4 is 16.8 Å². The Morgan fingerprint density at radius 1 is 1.21 bits per heavy atom. The number of hydrogen-bond acceptors (Lipinski definition) is 2. The summed E-state index contributed by atoms with van der Waals surface area (Å²) in [6, 6.07) is 8.33. The Labute approximate surface area is 112 Å². The van der Waals surface area contributed by atoms with E-state index in [0.29, 0.717) is 6.04 Å². The number of aromatic nitrogens is 1. The average Bonchev–Trinajstić information content (AvgIpc) is 2.89. The first-order chi connectivity index (χ1) is 9.24. The Balaban J connectivity index is 1.75. The highest BCUT2D eigenvalue weighted by Crippen LogP contribution is 2.20. The summed E-state index contributed by atoms with van der Waals surface area (Å²) in [4.78, 5) is 15.5. The molecular formula is C15H19N3O. The van der Waals surface area contributed by atoms with E-state index in [2.05, 4.69) is 10.3 Å². The van der Waals surface area contributed by atoms with Gasteiger partial charge in [0.05, 0.1) is 11.1 Å². The van der Waals surface area contributed by atoms with Gasteiger partial charge in [-0.15, -0.1) is 0 Å². The maximum Gasteiger partial charge on any atom is 0.253 e. The van der Waals surface area contributed by atoms with Crippen molar-refractivity contribution in [3.63, 3.8) is 0 Å².